The second kappa shape index (κ2) is 14.2. The van der Waals surface area contributed by atoms with Crippen molar-refractivity contribution < 1.29 is 173 Å². The van der Waals surface area contributed by atoms with Crippen LogP contribution in [-0.4, -0.2) is 0 Å². The molecule has 0 amide bonds. The van der Waals surface area contributed by atoms with E-state index in [0.29, 0.717) is 0 Å². The van der Waals surface area contributed by atoms with Crippen molar-refractivity contribution >= 4 is 0 Å². The van der Waals surface area contributed by atoms with Crippen LogP contribution in [-0.2, 0) is 70.6 Å². The van der Waals surface area contributed by atoms with Crippen LogP contribution in [0.1, 0.15) is 0 Å². The molecular weight excluding hydrogens is 794 g/mol. The summed E-state index contributed by atoms with van der Waals surface area (Å²) >= 11 is -18.1. The summed E-state index contributed by atoms with van der Waals surface area (Å²) in [5.41, 5.74) is 0. The molecule has 0 unspecified atom stereocenters. The summed E-state index contributed by atoms with van der Waals surface area (Å²) in [5.74, 6) is 0. The van der Waals surface area contributed by atoms with Gasteiger partial charge in [-0.3, -0.25) is 0 Å². The van der Waals surface area contributed by atoms with Gasteiger partial charge in [-0.1, -0.05) is 0 Å². The first kappa shape index (κ1) is 32.3. The minimum atomic E-state index is -6.02. The first-order chi connectivity index (χ1) is 6.00. The third-order valence-electron chi connectivity index (χ3n) is 0. The average Bonchev–Trinajstić information content (AvgIpc) is 1.41. The Labute approximate surface area is 169 Å². The van der Waals surface area contributed by atoms with Gasteiger partial charge < -0.3 is 0 Å². The molecule has 0 fully saturated rings. The molecule has 0 atom stereocenters. The monoisotopic (exact) mass is 802 g/mol. The van der Waals surface area contributed by atoms with Gasteiger partial charge in [0.15, 0.2) is 0 Å². The van der Waals surface area contributed by atoms with E-state index in [4.69, 9.17) is 42.9 Å². The predicted octanol–water partition coefficient (Wildman–Crippen LogP) is -7.85. The van der Waals surface area contributed by atoms with Gasteiger partial charge in [-0.05, 0) is 0 Å². The Morgan fingerprint density at radius 2 is 0.412 bits per heavy atom. The third-order valence-corrected chi connectivity index (χ3v) is 0. The van der Waals surface area contributed by atoms with Gasteiger partial charge in [0.05, 0.1) is 0 Å². The Balaban J connectivity index is -0.0000000400. The van der Waals surface area contributed by atoms with Crippen molar-refractivity contribution in [1.29, 1.82) is 0 Å². The molecule has 0 N–H and O–H groups in total. The fraction of sp³-hybridized carbons (Fsp3) is 0. The summed E-state index contributed by atoms with van der Waals surface area (Å²) in [7, 11) is 0. The molecule has 17 heavy (non-hydrogen) atoms. The van der Waals surface area contributed by atoms with Crippen LogP contribution >= 0.6 is 0 Å². The van der Waals surface area contributed by atoms with Crippen molar-refractivity contribution in [2.45, 2.75) is 0 Å². The van der Waals surface area contributed by atoms with Gasteiger partial charge in [0.1, 0.15) is 0 Å². The van der Waals surface area contributed by atoms with Crippen LogP contribution in [0.2, 0.25) is 0 Å². The zero-order chi connectivity index (χ0) is 13.5. The second-order valence-corrected chi connectivity index (χ2v) is 7.25. The van der Waals surface area contributed by atoms with E-state index < -0.39 is 50.2 Å². The number of hydrogen-bond donors (Lipinski definition) is 0. The van der Waals surface area contributed by atoms with E-state index in [1.54, 1.807) is 0 Å². The molecule has 17 heteroatoms. The fourth-order valence-electron chi connectivity index (χ4n) is 0. The summed E-state index contributed by atoms with van der Waals surface area (Å²) in [5, 5.41) is 0. The summed E-state index contributed by atoms with van der Waals surface area (Å²) < 4.78 is 104. The molecule has 2 radical (unpaired) electrons. The summed E-state index contributed by atoms with van der Waals surface area (Å²) in [6, 6.07) is 0. The molecule has 106 valence electrons. The Hall–Kier alpha value is 3.27. The Morgan fingerprint density at radius 1 is 0.412 bits per heavy atom. The first-order valence-electron chi connectivity index (χ1n) is 2.00. The Kier molecular flexibility index (Phi) is 27.0. The minimum absolute atomic E-state index is 0. The number of rotatable bonds is 0. The Bertz CT molecular complexity index is 341. The average molecular weight is 794 g/mol. The van der Waals surface area contributed by atoms with E-state index in [2.05, 4.69) is 0 Å². The van der Waals surface area contributed by atoms with Gasteiger partial charge in [0, 0.05) is 0 Å². The van der Waals surface area contributed by atoms with Crippen LogP contribution in [0.3, 0.4) is 0 Å². The van der Waals surface area contributed by atoms with Crippen LogP contribution in [0.15, 0.2) is 0 Å². The van der Waals surface area contributed by atoms with Gasteiger partial charge in [-0.15, -0.1) is 0 Å². The van der Waals surface area contributed by atoms with Crippen molar-refractivity contribution in [1.82, 2.24) is 0 Å². The summed E-state index contributed by atoms with van der Waals surface area (Å²) in [6.07, 6.45) is 0. The van der Waals surface area contributed by atoms with Crippen molar-refractivity contribution in [2.75, 3.05) is 0 Å². The quantitative estimate of drug-likeness (QED) is 0.208. The summed E-state index contributed by atoms with van der Waals surface area (Å²) in [4.78, 5) is 0. The molecule has 0 saturated carbocycles. The molecule has 0 saturated heterocycles. The van der Waals surface area contributed by atoms with Crippen LogP contribution in [0.25, 0.3) is 0 Å². The molecule has 0 bridgehead atoms. The van der Waals surface area contributed by atoms with E-state index in [1.807, 2.05) is 0 Å². The second-order valence-electron chi connectivity index (χ2n) is 1.22. The maximum absolute atomic E-state index is 8.63. The van der Waals surface area contributed by atoms with Crippen LogP contribution < -0.4 is 22.6 Å². The van der Waals surface area contributed by atoms with Crippen molar-refractivity contribution in [3.63, 3.8) is 0 Å². The van der Waals surface area contributed by atoms with Crippen LogP contribution in [0.4, 0.5) is 0 Å². The normalized spacial score (nSPS) is 10.2. The standard InChI is InChI=1S/2Gd.3Mo.12O/q2*+3;;;;;;;;;;6*-1. The zero-order valence-corrected chi connectivity index (χ0v) is 17.4. The van der Waals surface area contributed by atoms with E-state index >= 15 is 0 Å². The van der Waals surface area contributed by atoms with Gasteiger partial charge in [-0.25, -0.2) is 0 Å². The van der Waals surface area contributed by atoms with E-state index in [9.17, 15) is 0 Å². The molecular formula is Gd2Mo3O12. The van der Waals surface area contributed by atoms with Gasteiger partial charge in [0.25, 0.3) is 0 Å². The van der Waals surface area contributed by atoms with E-state index in [-0.39, 0.29) is 79.9 Å². The SMILES string of the molecule is [Gd+3].[Gd+3].[O]=[Mo](=[O])([O-])[O-].[O]=[Mo](=[O])([O-])[O-].[O]=[Mo](=[O])([O-])[O-]. The maximum atomic E-state index is 8.63. The van der Waals surface area contributed by atoms with Gasteiger partial charge in [0.2, 0.25) is 0 Å². The third kappa shape index (κ3) is 536. The zero-order valence-electron chi connectivity index (χ0n) is 6.83. The van der Waals surface area contributed by atoms with E-state index in [1.165, 1.54) is 0 Å². The van der Waals surface area contributed by atoms with E-state index in [0.717, 1.165) is 0 Å². The molecule has 12 nitrogen and oxygen atoms in total. The van der Waals surface area contributed by atoms with Crippen molar-refractivity contribution in [3.8, 4) is 0 Å². The topological polar surface area (TPSA) is 241 Å². The van der Waals surface area contributed by atoms with Gasteiger partial charge >= 0.3 is 173 Å². The fourth-order valence-corrected chi connectivity index (χ4v) is 0. The van der Waals surface area contributed by atoms with Crippen molar-refractivity contribution in [3.05, 3.63) is 0 Å². The van der Waals surface area contributed by atoms with Crippen LogP contribution in [0.5, 0.6) is 0 Å². The van der Waals surface area contributed by atoms with Crippen molar-refractivity contribution in [2.24, 2.45) is 0 Å². The molecule has 0 rings (SSSR count). The first-order valence-corrected chi connectivity index (χ1v) is 11.8. The number of hydrogen-bond acceptors (Lipinski definition) is 12. The molecule has 0 aliphatic heterocycles. The molecule has 0 aliphatic carbocycles. The Morgan fingerprint density at radius 3 is 0.412 bits per heavy atom. The molecule has 0 heterocycles. The predicted molar refractivity (Wildman–Crippen MR) is 4.12 cm³/mol. The van der Waals surface area contributed by atoms with Crippen LogP contribution in [0, 0.1) is 79.9 Å². The molecule has 0 aliphatic rings. The molecule has 0 spiro atoms. The van der Waals surface area contributed by atoms with Gasteiger partial charge in [-0.2, -0.15) is 0 Å². The molecule has 0 aromatic rings. The molecule has 0 aromatic heterocycles. The summed E-state index contributed by atoms with van der Waals surface area (Å²) in [6.45, 7) is 0. The molecule has 0 aromatic carbocycles.